The highest BCUT2D eigenvalue weighted by Crippen LogP contribution is 1.94. The standard InChI is InChI=1S/C6H12N2O2/c1-3-10-6(9)4(2)5(7)8/h5H,2-3,7-8H2,1H3. The Hall–Kier alpha value is -0.870. The topological polar surface area (TPSA) is 78.3 Å². The van der Waals surface area contributed by atoms with Crippen LogP contribution in [0, 0.1) is 0 Å². The van der Waals surface area contributed by atoms with E-state index < -0.39 is 12.1 Å². The number of esters is 1. The molecule has 0 bridgehead atoms. The lowest BCUT2D eigenvalue weighted by atomic mass is 10.2. The lowest BCUT2D eigenvalue weighted by Gasteiger charge is -2.06. The van der Waals surface area contributed by atoms with Crippen LogP contribution in [0.4, 0.5) is 0 Å². The van der Waals surface area contributed by atoms with Crippen LogP contribution in [-0.4, -0.2) is 18.7 Å². The number of nitrogens with two attached hydrogens (primary N) is 2. The van der Waals surface area contributed by atoms with Gasteiger partial charge in [0.25, 0.3) is 0 Å². The van der Waals surface area contributed by atoms with Gasteiger partial charge in [0, 0.05) is 0 Å². The summed E-state index contributed by atoms with van der Waals surface area (Å²) < 4.78 is 4.57. The van der Waals surface area contributed by atoms with Crippen LogP contribution in [0.3, 0.4) is 0 Å². The first-order valence-electron chi connectivity index (χ1n) is 2.96. The fraction of sp³-hybridized carbons (Fsp3) is 0.500. The third-order valence-electron chi connectivity index (χ3n) is 0.940. The first-order valence-corrected chi connectivity index (χ1v) is 2.96. The van der Waals surface area contributed by atoms with Gasteiger partial charge in [-0.2, -0.15) is 0 Å². The molecule has 0 saturated heterocycles. The summed E-state index contributed by atoms with van der Waals surface area (Å²) in [5.41, 5.74) is 10.4. The van der Waals surface area contributed by atoms with Gasteiger partial charge < -0.3 is 16.2 Å². The quantitative estimate of drug-likeness (QED) is 0.313. The molecule has 4 N–H and O–H groups in total. The molecular formula is C6H12N2O2. The average Bonchev–Trinajstić information content (AvgIpc) is 1.87. The molecule has 58 valence electrons. The van der Waals surface area contributed by atoms with E-state index in [2.05, 4.69) is 11.3 Å². The van der Waals surface area contributed by atoms with E-state index in [9.17, 15) is 4.79 Å². The van der Waals surface area contributed by atoms with Crippen LogP contribution in [0.15, 0.2) is 12.2 Å². The first-order chi connectivity index (χ1) is 4.59. The van der Waals surface area contributed by atoms with E-state index in [1.54, 1.807) is 6.92 Å². The van der Waals surface area contributed by atoms with Crippen molar-refractivity contribution in [2.75, 3.05) is 6.61 Å². The Kier molecular flexibility index (Phi) is 3.68. The van der Waals surface area contributed by atoms with Gasteiger partial charge in [-0.15, -0.1) is 0 Å². The summed E-state index contributed by atoms with van der Waals surface area (Å²) in [6.45, 7) is 5.36. The molecule has 0 heterocycles. The average molecular weight is 144 g/mol. The predicted octanol–water partition coefficient (Wildman–Crippen LogP) is -0.651. The summed E-state index contributed by atoms with van der Waals surface area (Å²) in [6, 6.07) is 0. The highest BCUT2D eigenvalue weighted by Gasteiger charge is 2.11. The summed E-state index contributed by atoms with van der Waals surface area (Å²) in [5.74, 6) is -0.530. The van der Waals surface area contributed by atoms with Gasteiger partial charge in [-0.05, 0) is 6.92 Å². The molecule has 0 amide bonds. The Bertz CT molecular complexity index is 143. The third kappa shape index (κ3) is 2.61. The maximum absolute atomic E-state index is 10.7. The summed E-state index contributed by atoms with van der Waals surface area (Å²) in [6.07, 6.45) is -0.820. The fourth-order valence-electron chi connectivity index (χ4n) is 0.360. The molecule has 0 atom stereocenters. The van der Waals surface area contributed by atoms with Crippen LogP contribution < -0.4 is 11.5 Å². The molecule has 0 aliphatic rings. The van der Waals surface area contributed by atoms with Crippen molar-refractivity contribution in [3.8, 4) is 0 Å². The third-order valence-corrected chi connectivity index (χ3v) is 0.940. The molecule has 0 rings (SSSR count). The second-order valence-corrected chi connectivity index (χ2v) is 1.77. The Morgan fingerprint density at radius 3 is 2.50 bits per heavy atom. The van der Waals surface area contributed by atoms with Crippen molar-refractivity contribution in [1.29, 1.82) is 0 Å². The summed E-state index contributed by atoms with van der Waals surface area (Å²) in [7, 11) is 0. The molecule has 0 aromatic carbocycles. The van der Waals surface area contributed by atoms with Crippen molar-refractivity contribution in [2.45, 2.75) is 13.1 Å². The van der Waals surface area contributed by atoms with E-state index in [0.29, 0.717) is 6.61 Å². The van der Waals surface area contributed by atoms with Gasteiger partial charge in [0.1, 0.15) is 0 Å². The van der Waals surface area contributed by atoms with Gasteiger partial charge in [-0.1, -0.05) is 6.58 Å². The van der Waals surface area contributed by atoms with Crippen molar-refractivity contribution in [1.82, 2.24) is 0 Å². The molecule has 0 aliphatic heterocycles. The van der Waals surface area contributed by atoms with Gasteiger partial charge in [0.05, 0.1) is 18.3 Å². The minimum atomic E-state index is -0.820. The van der Waals surface area contributed by atoms with E-state index in [-0.39, 0.29) is 5.57 Å². The molecule has 10 heavy (non-hydrogen) atoms. The van der Waals surface area contributed by atoms with Crippen molar-refractivity contribution < 1.29 is 9.53 Å². The number of carbonyl (C=O) groups is 1. The maximum atomic E-state index is 10.7. The predicted molar refractivity (Wildman–Crippen MR) is 37.9 cm³/mol. The minimum Gasteiger partial charge on any atom is -0.463 e. The summed E-state index contributed by atoms with van der Waals surface area (Å²) in [5, 5.41) is 0. The Balaban J connectivity index is 3.83. The zero-order valence-electron chi connectivity index (χ0n) is 5.96. The fourth-order valence-corrected chi connectivity index (χ4v) is 0.360. The Morgan fingerprint density at radius 2 is 2.20 bits per heavy atom. The highest BCUT2D eigenvalue weighted by atomic mass is 16.5. The van der Waals surface area contributed by atoms with Gasteiger partial charge in [-0.3, -0.25) is 0 Å². The van der Waals surface area contributed by atoms with Crippen molar-refractivity contribution in [2.24, 2.45) is 11.5 Å². The summed E-state index contributed by atoms with van der Waals surface area (Å²) >= 11 is 0. The molecule has 0 spiro atoms. The second kappa shape index (κ2) is 4.03. The van der Waals surface area contributed by atoms with E-state index in [1.807, 2.05) is 0 Å². The van der Waals surface area contributed by atoms with Crippen LogP contribution in [0.2, 0.25) is 0 Å². The van der Waals surface area contributed by atoms with Gasteiger partial charge >= 0.3 is 5.97 Å². The van der Waals surface area contributed by atoms with Gasteiger partial charge in [-0.25, -0.2) is 4.79 Å². The normalized spacial score (nSPS) is 9.60. The zero-order chi connectivity index (χ0) is 8.15. The highest BCUT2D eigenvalue weighted by molar-refractivity contribution is 5.88. The molecule has 0 unspecified atom stereocenters. The zero-order valence-corrected chi connectivity index (χ0v) is 5.96. The molecule has 0 aliphatic carbocycles. The van der Waals surface area contributed by atoms with Crippen molar-refractivity contribution in [3.63, 3.8) is 0 Å². The van der Waals surface area contributed by atoms with Gasteiger partial charge in [0.15, 0.2) is 0 Å². The number of hydrogen-bond donors (Lipinski definition) is 2. The molecular weight excluding hydrogens is 132 g/mol. The van der Waals surface area contributed by atoms with Gasteiger partial charge in [0.2, 0.25) is 0 Å². The molecule has 0 aromatic rings. The van der Waals surface area contributed by atoms with Crippen LogP contribution in [0.5, 0.6) is 0 Å². The number of ether oxygens (including phenoxy) is 1. The van der Waals surface area contributed by atoms with E-state index in [1.165, 1.54) is 0 Å². The molecule has 0 fully saturated rings. The van der Waals surface area contributed by atoms with E-state index in [4.69, 9.17) is 11.5 Å². The van der Waals surface area contributed by atoms with Crippen molar-refractivity contribution in [3.05, 3.63) is 12.2 Å². The molecule has 0 aromatic heterocycles. The number of carbonyl (C=O) groups excluding carboxylic acids is 1. The Morgan fingerprint density at radius 1 is 1.70 bits per heavy atom. The maximum Gasteiger partial charge on any atom is 0.336 e. The molecule has 4 nitrogen and oxygen atoms in total. The van der Waals surface area contributed by atoms with Crippen LogP contribution >= 0.6 is 0 Å². The van der Waals surface area contributed by atoms with E-state index >= 15 is 0 Å². The van der Waals surface area contributed by atoms with Crippen LogP contribution in [0.25, 0.3) is 0 Å². The molecule has 0 radical (unpaired) electrons. The van der Waals surface area contributed by atoms with Crippen LogP contribution in [-0.2, 0) is 9.53 Å². The monoisotopic (exact) mass is 144 g/mol. The van der Waals surface area contributed by atoms with Crippen LogP contribution in [0.1, 0.15) is 6.92 Å². The smallest absolute Gasteiger partial charge is 0.336 e. The number of hydrogen-bond acceptors (Lipinski definition) is 4. The SMILES string of the molecule is C=C(C(=O)OCC)C(N)N. The second-order valence-electron chi connectivity index (χ2n) is 1.77. The van der Waals surface area contributed by atoms with E-state index in [0.717, 1.165) is 0 Å². The minimum absolute atomic E-state index is 0.0989. The first kappa shape index (κ1) is 9.13. The Labute approximate surface area is 59.8 Å². The molecule has 0 saturated carbocycles. The number of rotatable bonds is 3. The van der Waals surface area contributed by atoms with Crippen molar-refractivity contribution >= 4 is 5.97 Å². The molecule has 4 heteroatoms. The lowest BCUT2D eigenvalue weighted by molar-refractivity contribution is -0.138. The largest absolute Gasteiger partial charge is 0.463 e. The lowest BCUT2D eigenvalue weighted by Crippen LogP contribution is -2.36. The summed E-state index contributed by atoms with van der Waals surface area (Å²) in [4.78, 5) is 10.7.